The maximum absolute atomic E-state index is 11.9. The van der Waals surface area contributed by atoms with Crippen LogP contribution in [0.5, 0.6) is 0 Å². The van der Waals surface area contributed by atoms with Gasteiger partial charge in [-0.15, -0.1) is 0 Å². The molecule has 0 aromatic rings. The first-order valence-corrected chi connectivity index (χ1v) is 6.77. The standard InChI is InChI=1S/C13H24N2O4/c1-4-9(2)10(11(16)17)14-12(18)15-13(3)6-5-7-19-8-13/h9-10H,4-8H2,1-3H3,(H,16,17)(H2,14,15,18)/t9-,10-,13?/m0/s1. The smallest absolute Gasteiger partial charge is 0.326 e. The summed E-state index contributed by atoms with van der Waals surface area (Å²) in [6.45, 7) is 6.79. The summed E-state index contributed by atoms with van der Waals surface area (Å²) in [7, 11) is 0. The van der Waals surface area contributed by atoms with Gasteiger partial charge in [0.2, 0.25) is 0 Å². The van der Waals surface area contributed by atoms with Gasteiger partial charge in [0.25, 0.3) is 0 Å². The van der Waals surface area contributed by atoms with Crippen LogP contribution < -0.4 is 10.6 Å². The lowest BCUT2D eigenvalue weighted by molar-refractivity contribution is -0.140. The zero-order valence-electron chi connectivity index (χ0n) is 11.9. The molecule has 6 nitrogen and oxygen atoms in total. The van der Waals surface area contributed by atoms with E-state index in [0.29, 0.717) is 19.6 Å². The Morgan fingerprint density at radius 3 is 2.63 bits per heavy atom. The summed E-state index contributed by atoms with van der Waals surface area (Å²) in [6, 6.07) is -1.31. The van der Waals surface area contributed by atoms with Crippen molar-refractivity contribution in [1.82, 2.24) is 10.6 Å². The molecule has 0 saturated carbocycles. The number of nitrogens with one attached hydrogen (secondary N) is 2. The largest absolute Gasteiger partial charge is 0.480 e. The average Bonchev–Trinajstić information content (AvgIpc) is 2.35. The van der Waals surface area contributed by atoms with E-state index in [1.54, 1.807) is 0 Å². The number of carboxylic acids is 1. The number of carbonyl (C=O) groups is 2. The molecule has 1 aliphatic rings. The number of aliphatic carboxylic acids is 1. The highest BCUT2D eigenvalue weighted by Crippen LogP contribution is 2.18. The summed E-state index contributed by atoms with van der Waals surface area (Å²) in [5, 5.41) is 14.5. The quantitative estimate of drug-likeness (QED) is 0.705. The Labute approximate surface area is 113 Å². The fraction of sp³-hybridized carbons (Fsp3) is 0.846. The van der Waals surface area contributed by atoms with Gasteiger partial charge in [0.05, 0.1) is 12.1 Å². The topological polar surface area (TPSA) is 87.7 Å². The van der Waals surface area contributed by atoms with E-state index in [2.05, 4.69) is 10.6 Å². The van der Waals surface area contributed by atoms with Crippen molar-refractivity contribution in [1.29, 1.82) is 0 Å². The van der Waals surface area contributed by atoms with Crippen molar-refractivity contribution in [2.24, 2.45) is 5.92 Å². The molecule has 0 spiro atoms. The Morgan fingerprint density at radius 2 is 2.16 bits per heavy atom. The first kappa shape index (κ1) is 15.8. The van der Waals surface area contributed by atoms with Crippen molar-refractivity contribution in [3.8, 4) is 0 Å². The van der Waals surface area contributed by atoms with E-state index in [9.17, 15) is 9.59 Å². The summed E-state index contributed by atoms with van der Waals surface area (Å²) in [6.07, 6.45) is 2.42. The highest BCUT2D eigenvalue weighted by Gasteiger charge is 2.31. The van der Waals surface area contributed by atoms with E-state index in [-0.39, 0.29) is 5.92 Å². The zero-order valence-corrected chi connectivity index (χ0v) is 11.9. The van der Waals surface area contributed by atoms with Crippen LogP contribution in [-0.2, 0) is 9.53 Å². The Balaban J connectivity index is 2.55. The zero-order chi connectivity index (χ0) is 14.5. The number of hydrogen-bond donors (Lipinski definition) is 3. The van der Waals surface area contributed by atoms with E-state index in [1.807, 2.05) is 20.8 Å². The molecule has 3 N–H and O–H groups in total. The summed E-state index contributed by atoms with van der Waals surface area (Å²) in [4.78, 5) is 23.1. The van der Waals surface area contributed by atoms with Crippen molar-refractivity contribution in [3.63, 3.8) is 0 Å². The van der Waals surface area contributed by atoms with Crippen LogP contribution in [0, 0.1) is 5.92 Å². The second-order valence-corrected chi connectivity index (χ2v) is 5.52. The van der Waals surface area contributed by atoms with Crippen molar-refractivity contribution < 1.29 is 19.4 Å². The number of carbonyl (C=O) groups excluding carboxylic acids is 1. The highest BCUT2D eigenvalue weighted by atomic mass is 16.5. The molecule has 0 aromatic carbocycles. The fourth-order valence-electron chi connectivity index (χ4n) is 2.17. The van der Waals surface area contributed by atoms with Crippen LogP contribution >= 0.6 is 0 Å². The van der Waals surface area contributed by atoms with E-state index < -0.39 is 23.6 Å². The predicted molar refractivity (Wildman–Crippen MR) is 71.0 cm³/mol. The van der Waals surface area contributed by atoms with Crippen molar-refractivity contribution in [2.45, 2.75) is 51.6 Å². The molecule has 1 unspecified atom stereocenters. The molecule has 1 heterocycles. The van der Waals surface area contributed by atoms with Crippen molar-refractivity contribution >= 4 is 12.0 Å². The van der Waals surface area contributed by atoms with E-state index in [4.69, 9.17) is 9.84 Å². The lowest BCUT2D eigenvalue weighted by atomic mass is 9.95. The van der Waals surface area contributed by atoms with Gasteiger partial charge in [0, 0.05) is 6.61 Å². The Hall–Kier alpha value is -1.30. The van der Waals surface area contributed by atoms with Gasteiger partial charge in [-0.1, -0.05) is 20.3 Å². The number of ether oxygens (including phenoxy) is 1. The summed E-state index contributed by atoms with van der Waals surface area (Å²) >= 11 is 0. The van der Waals surface area contributed by atoms with Crippen LogP contribution in [0.3, 0.4) is 0 Å². The van der Waals surface area contributed by atoms with E-state index in [0.717, 1.165) is 12.8 Å². The third-order valence-corrected chi connectivity index (χ3v) is 3.62. The van der Waals surface area contributed by atoms with Gasteiger partial charge in [0.1, 0.15) is 6.04 Å². The summed E-state index contributed by atoms with van der Waals surface area (Å²) in [5.41, 5.74) is -0.416. The third-order valence-electron chi connectivity index (χ3n) is 3.62. The number of carboxylic acid groups (broad SMARTS) is 1. The minimum Gasteiger partial charge on any atom is -0.480 e. The first-order chi connectivity index (χ1) is 8.88. The highest BCUT2D eigenvalue weighted by molar-refractivity contribution is 5.83. The van der Waals surface area contributed by atoms with Gasteiger partial charge in [0.15, 0.2) is 0 Å². The maximum Gasteiger partial charge on any atom is 0.326 e. The lowest BCUT2D eigenvalue weighted by Crippen LogP contribution is -2.58. The summed E-state index contributed by atoms with van der Waals surface area (Å²) in [5.74, 6) is -1.12. The first-order valence-electron chi connectivity index (χ1n) is 6.77. The summed E-state index contributed by atoms with van der Waals surface area (Å²) < 4.78 is 5.35. The van der Waals surface area contributed by atoms with Gasteiger partial charge in [-0.05, 0) is 25.7 Å². The molecule has 110 valence electrons. The normalized spacial score (nSPS) is 26.3. The van der Waals surface area contributed by atoms with Crippen LogP contribution in [0.15, 0.2) is 0 Å². The Kier molecular flexibility index (Phi) is 5.60. The third kappa shape index (κ3) is 4.70. The van der Waals surface area contributed by atoms with Crippen LogP contribution in [0.25, 0.3) is 0 Å². The van der Waals surface area contributed by atoms with E-state index in [1.165, 1.54) is 0 Å². The SMILES string of the molecule is CC[C@H](C)[C@H](NC(=O)NC1(C)CCCOC1)C(=O)O. The van der Waals surface area contributed by atoms with Crippen molar-refractivity contribution in [3.05, 3.63) is 0 Å². The maximum atomic E-state index is 11.9. The molecule has 19 heavy (non-hydrogen) atoms. The van der Waals surface area contributed by atoms with Crippen molar-refractivity contribution in [2.75, 3.05) is 13.2 Å². The number of urea groups is 1. The average molecular weight is 272 g/mol. The molecule has 3 atom stereocenters. The molecule has 0 bridgehead atoms. The second kappa shape index (κ2) is 6.75. The Bertz CT molecular complexity index is 327. The number of amides is 2. The molecular formula is C13H24N2O4. The molecule has 1 aliphatic heterocycles. The molecule has 0 aliphatic carbocycles. The molecule has 2 amide bonds. The Morgan fingerprint density at radius 1 is 1.47 bits per heavy atom. The molecular weight excluding hydrogens is 248 g/mol. The molecule has 1 fully saturated rings. The second-order valence-electron chi connectivity index (χ2n) is 5.52. The van der Waals surface area contributed by atoms with Gasteiger partial charge >= 0.3 is 12.0 Å². The van der Waals surface area contributed by atoms with Gasteiger partial charge < -0.3 is 20.5 Å². The van der Waals surface area contributed by atoms with E-state index >= 15 is 0 Å². The van der Waals surface area contributed by atoms with Crippen LogP contribution in [-0.4, -0.2) is 41.9 Å². The monoisotopic (exact) mass is 272 g/mol. The molecule has 1 saturated heterocycles. The minimum absolute atomic E-state index is 0.112. The minimum atomic E-state index is -1.01. The van der Waals surface area contributed by atoms with Crippen LogP contribution in [0.4, 0.5) is 4.79 Å². The molecule has 0 aromatic heterocycles. The molecule has 1 rings (SSSR count). The van der Waals surface area contributed by atoms with Crippen LogP contribution in [0.2, 0.25) is 0 Å². The van der Waals surface area contributed by atoms with Gasteiger partial charge in [-0.2, -0.15) is 0 Å². The lowest BCUT2D eigenvalue weighted by Gasteiger charge is -2.34. The molecule has 0 radical (unpaired) electrons. The number of rotatable bonds is 5. The number of hydrogen-bond acceptors (Lipinski definition) is 3. The predicted octanol–water partition coefficient (Wildman–Crippen LogP) is 1.35. The van der Waals surface area contributed by atoms with Gasteiger partial charge in [-0.3, -0.25) is 0 Å². The van der Waals surface area contributed by atoms with Gasteiger partial charge in [-0.25, -0.2) is 9.59 Å². The van der Waals surface area contributed by atoms with Crippen LogP contribution in [0.1, 0.15) is 40.0 Å². The fourth-order valence-corrected chi connectivity index (χ4v) is 2.17. The molecule has 6 heteroatoms.